The van der Waals surface area contributed by atoms with Gasteiger partial charge in [0, 0.05) is 7.11 Å². The Morgan fingerprint density at radius 1 is 0.444 bits per heavy atom. The van der Waals surface area contributed by atoms with Crippen molar-refractivity contribution >= 4 is 8.32 Å². The Kier molecular flexibility index (Phi) is 21.0. The summed E-state index contributed by atoms with van der Waals surface area (Å²) in [4.78, 5) is 0. The van der Waals surface area contributed by atoms with Crippen LogP contribution < -0.4 is 0 Å². The van der Waals surface area contributed by atoms with Gasteiger partial charge in [0.25, 0.3) is 0 Å². The van der Waals surface area contributed by atoms with Gasteiger partial charge in [0.1, 0.15) is 0 Å². The Morgan fingerprint density at radius 2 is 0.741 bits per heavy atom. The van der Waals surface area contributed by atoms with Crippen LogP contribution in [0.15, 0.2) is 0 Å². The van der Waals surface area contributed by atoms with Gasteiger partial charge >= 0.3 is 0 Å². The molecular formula is C25H54OSi. The minimum absolute atomic E-state index is 1.29. The van der Waals surface area contributed by atoms with Gasteiger partial charge < -0.3 is 4.43 Å². The summed E-state index contributed by atoms with van der Waals surface area (Å²) in [5.74, 6) is 0. The standard InChI is InChI=1S/C25H54OSi/c1-5-8-9-10-11-12-13-14-15-16-17-18-19-20-21-22-23-24-25-27(6-2,7-3)26-4/h5-25H2,1-4H3. The minimum atomic E-state index is -1.33. The Hall–Kier alpha value is 0.177. The summed E-state index contributed by atoms with van der Waals surface area (Å²) in [5, 5.41) is 0. The second kappa shape index (κ2) is 20.9. The van der Waals surface area contributed by atoms with Crippen LogP contribution in [0, 0.1) is 0 Å². The third-order valence-corrected chi connectivity index (χ3v) is 11.4. The zero-order valence-electron chi connectivity index (χ0n) is 19.8. The van der Waals surface area contributed by atoms with E-state index < -0.39 is 8.32 Å². The highest BCUT2D eigenvalue weighted by atomic mass is 28.4. The predicted molar refractivity (Wildman–Crippen MR) is 127 cm³/mol. The molecule has 0 saturated heterocycles. The molecule has 0 aliphatic rings. The molecule has 0 aromatic heterocycles. The molecule has 0 heterocycles. The molecule has 0 amide bonds. The van der Waals surface area contributed by atoms with Gasteiger partial charge in [-0.3, -0.25) is 0 Å². The molecule has 0 saturated carbocycles. The second-order valence-corrected chi connectivity index (χ2v) is 13.5. The van der Waals surface area contributed by atoms with Crippen LogP contribution >= 0.6 is 0 Å². The summed E-state index contributed by atoms with van der Waals surface area (Å²) >= 11 is 0. The average molecular weight is 399 g/mol. The highest BCUT2D eigenvalue weighted by Gasteiger charge is 2.28. The van der Waals surface area contributed by atoms with Crippen LogP contribution in [0.1, 0.15) is 136 Å². The van der Waals surface area contributed by atoms with Crippen LogP contribution in [-0.2, 0) is 4.43 Å². The third-order valence-electron chi connectivity index (χ3n) is 6.71. The summed E-state index contributed by atoms with van der Waals surface area (Å²) in [6.45, 7) is 6.95. The summed E-state index contributed by atoms with van der Waals surface area (Å²) in [5.41, 5.74) is 0. The van der Waals surface area contributed by atoms with E-state index in [4.69, 9.17) is 4.43 Å². The van der Waals surface area contributed by atoms with Gasteiger partial charge in [-0.25, -0.2) is 0 Å². The highest BCUT2D eigenvalue weighted by molar-refractivity contribution is 6.73. The first-order valence-corrected chi connectivity index (χ1v) is 15.3. The van der Waals surface area contributed by atoms with Crippen molar-refractivity contribution < 1.29 is 4.43 Å². The molecule has 2 heteroatoms. The van der Waals surface area contributed by atoms with E-state index in [9.17, 15) is 0 Å². The molecule has 0 fully saturated rings. The molecule has 0 bridgehead atoms. The third kappa shape index (κ3) is 16.8. The summed E-state index contributed by atoms with van der Waals surface area (Å²) in [6, 6.07) is 3.97. The number of hydrogen-bond donors (Lipinski definition) is 0. The largest absolute Gasteiger partial charge is 0.420 e. The van der Waals surface area contributed by atoms with Crippen molar-refractivity contribution in [3.05, 3.63) is 0 Å². The first-order chi connectivity index (χ1) is 13.2. The van der Waals surface area contributed by atoms with Crippen molar-refractivity contribution in [1.82, 2.24) is 0 Å². The Labute approximate surface area is 174 Å². The van der Waals surface area contributed by atoms with Crippen molar-refractivity contribution in [3.63, 3.8) is 0 Å². The number of unbranched alkanes of at least 4 members (excludes halogenated alkanes) is 17. The van der Waals surface area contributed by atoms with Gasteiger partial charge in [0.05, 0.1) is 0 Å². The fourth-order valence-electron chi connectivity index (χ4n) is 4.34. The normalized spacial score (nSPS) is 12.0. The molecule has 0 aliphatic carbocycles. The van der Waals surface area contributed by atoms with E-state index in [1.807, 2.05) is 7.11 Å². The molecule has 164 valence electrons. The van der Waals surface area contributed by atoms with Gasteiger partial charge in [-0.05, 0) is 18.1 Å². The van der Waals surface area contributed by atoms with Gasteiger partial charge in [0.2, 0.25) is 0 Å². The van der Waals surface area contributed by atoms with E-state index in [0.29, 0.717) is 0 Å². The van der Waals surface area contributed by atoms with Crippen molar-refractivity contribution in [2.24, 2.45) is 0 Å². The molecule has 0 aliphatic heterocycles. The van der Waals surface area contributed by atoms with E-state index in [2.05, 4.69) is 20.8 Å². The lowest BCUT2D eigenvalue weighted by Gasteiger charge is -2.27. The maximum Gasteiger partial charge on any atom is 0.191 e. The zero-order valence-corrected chi connectivity index (χ0v) is 20.8. The van der Waals surface area contributed by atoms with Crippen molar-refractivity contribution in [2.45, 2.75) is 154 Å². The van der Waals surface area contributed by atoms with Crippen molar-refractivity contribution in [1.29, 1.82) is 0 Å². The topological polar surface area (TPSA) is 9.23 Å². The predicted octanol–water partition coefficient (Wildman–Crippen LogP) is 9.66. The molecule has 1 nitrogen and oxygen atoms in total. The molecular weight excluding hydrogens is 344 g/mol. The Morgan fingerprint density at radius 3 is 1.00 bits per heavy atom. The molecule has 27 heavy (non-hydrogen) atoms. The molecule has 0 aromatic rings. The van der Waals surface area contributed by atoms with Gasteiger partial charge in [0.15, 0.2) is 8.32 Å². The summed E-state index contributed by atoms with van der Waals surface area (Å²) in [7, 11) is 0.624. The van der Waals surface area contributed by atoms with Crippen LogP contribution in [0.3, 0.4) is 0 Å². The molecule has 0 radical (unpaired) electrons. The van der Waals surface area contributed by atoms with Gasteiger partial charge in [-0.2, -0.15) is 0 Å². The Balaban J connectivity index is 3.19. The van der Waals surface area contributed by atoms with E-state index in [-0.39, 0.29) is 0 Å². The van der Waals surface area contributed by atoms with E-state index in [1.54, 1.807) is 0 Å². The van der Waals surface area contributed by atoms with Crippen molar-refractivity contribution in [2.75, 3.05) is 7.11 Å². The fraction of sp³-hybridized carbons (Fsp3) is 1.00. The molecule has 0 unspecified atom stereocenters. The van der Waals surface area contributed by atoms with Crippen LogP contribution in [0.4, 0.5) is 0 Å². The minimum Gasteiger partial charge on any atom is -0.420 e. The average Bonchev–Trinajstić information content (AvgIpc) is 2.70. The molecule has 0 N–H and O–H groups in total. The monoisotopic (exact) mass is 398 g/mol. The SMILES string of the molecule is CCCCCCCCCCCCCCCCCCCC[Si](CC)(CC)OC. The Bertz CT molecular complexity index is 267. The first kappa shape index (κ1) is 27.2. The molecule has 0 rings (SSSR count). The lowest BCUT2D eigenvalue weighted by Crippen LogP contribution is -2.34. The maximum absolute atomic E-state index is 5.91. The molecule has 0 spiro atoms. The summed E-state index contributed by atoms with van der Waals surface area (Å²) in [6.07, 6.45) is 26.2. The van der Waals surface area contributed by atoms with E-state index in [0.717, 1.165) is 0 Å². The first-order valence-electron chi connectivity index (χ1n) is 12.8. The fourth-order valence-corrected chi connectivity index (χ4v) is 7.23. The highest BCUT2D eigenvalue weighted by Crippen LogP contribution is 2.24. The van der Waals surface area contributed by atoms with E-state index >= 15 is 0 Å². The number of hydrogen-bond acceptors (Lipinski definition) is 1. The molecule has 0 atom stereocenters. The number of rotatable bonds is 22. The van der Waals surface area contributed by atoms with Gasteiger partial charge in [-0.1, -0.05) is 136 Å². The second-order valence-electron chi connectivity index (χ2n) is 8.85. The lowest BCUT2D eigenvalue weighted by atomic mass is 10.0. The van der Waals surface area contributed by atoms with Crippen LogP contribution in [-0.4, -0.2) is 15.4 Å². The van der Waals surface area contributed by atoms with Crippen molar-refractivity contribution in [3.8, 4) is 0 Å². The van der Waals surface area contributed by atoms with Crippen LogP contribution in [0.5, 0.6) is 0 Å². The maximum atomic E-state index is 5.91. The van der Waals surface area contributed by atoms with Crippen LogP contribution in [0.25, 0.3) is 0 Å². The van der Waals surface area contributed by atoms with E-state index in [1.165, 1.54) is 134 Å². The molecule has 0 aromatic carbocycles. The van der Waals surface area contributed by atoms with Crippen LogP contribution in [0.2, 0.25) is 18.1 Å². The zero-order chi connectivity index (χ0) is 20.1. The quantitative estimate of drug-likeness (QED) is 0.130. The smallest absolute Gasteiger partial charge is 0.191 e. The van der Waals surface area contributed by atoms with Gasteiger partial charge in [-0.15, -0.1) is 0 Å². The lowest BCUT2D eigenvalue weighted by molar-refractivity contribution is 0.388. The summed E-state index contributed by atoms with van der Waals surface area (Å²) < 4.78 is 5.91.